The molecule has 1 aliphatic rings. The number of aliphatic hydroxyl groups is 1. The molecule has 174 valence electrons. The number of alkyl halides is 3. The van der Waals surface area contributed by atoms with Crippen molar-refractivity contribution < 1.29 is 37.1 Å². The third-order valence-electron chi connectivity index (χ3n) is 5.58. The van der Waals surface area contributed by atoms with Crippen molar-refractivity contribution in [3.63, 3.8) is 0 Å². The number of fused-ring (bicyclic) bond motifs is 1. The Balaban J connectivity index is 1.78. The van der Waals surface area contributed by atoms with E-state index in [-0.39, 0.29) is 42.0 Å². The number of β-amino-alcohol motifs (C(OH)–C–C–N with tert-alkyl or cyclic N) is 1. The average Bonchev–Trinajstić information content (AvgIpc) is 3.17. The second-order valence-corrected chi connectivity index (χ2v) is 7.90. The highest BCUT2D eigenvalue weighted by Crippen LogP contribution is 2.34. The van der Waals surface area contributed by atoms with Crippen LogP contribution in [-0.4, -0.2) is 58.3 Å². The number of aromatic nitrogens is 2. The molecule has 0 aliphatic carbocycles. The molecule has 8 nitrogen and oxygen atoms in total. The van der Waals surface area contributed by atoms with Gasteiger partial charge in [0.25, 0.3) is 11.6 Å². The SMILES string of the molecule is COC(=O)C1CC(O)CN(C(=O)c2cc(-c3cccc(C(F)(F)F)c3)nc3onc(C)c23)C1. The molecule has 1 amide bonds. The van der Waals surface area contributed by atoms with E-state index in [0.29, 0.717) is 11.1 Å². The molecule has 3 heterocycles. The Hall–Kier alpha value is -3.47. The maximum Gasteiger partial charge on any atom is 0.416 e. The van der Waals surface area contributed by atoms with E-state index in [1.54, 1.807) is 6.92 Å². The zero-order valence-electron chi connectivity index (χ0n) is 17.7. The van der Waals surface area contributed by atoms with Gasteiger partial charge >= 0.3 is 12.1 Å². The van der Waals surface area contributed by atoms with E-state index >= 15 is 0 Å². The van der Waals surface area contributed by atoms with E-state index in [1.165, 1.54) is 30.2 Å². The monoisotopic (exact) mass is 463 g/mol. The van der Waals surface area contributed by atoms with Gasteiger partial charge in [0.15, 0.2) is 0 Å². The number of hydrogen-bond acceptors (Lipinski definition) is 7. The van der Waals surface area contributed by atoms with Crippen LogP contribution >= 0.6 is 0 Å². The molecule has 2 aromatic heterocycles. The number of carbonyl (C=O) groups is 2. The van der Waals surface area contributed by atoms with Gasteiger partial charge in [-0.3, -0.25) is 9.59 Å². The molecule has 0 saturated carbocycles. The molecule has 0 bridgehead atoms. The zero-order valence-corrected chi connectivity index (χ0v) is 17.7. The van der Waals surface area contributed by atoms with Crippen molar-refractivity contribution in [2.45, 2.75) is 25.6 Å². The van der Waals surface area contributed by atoms with E-state index in [1.807, 2.05) is 0 Å². The summed E-state index contributed by atoms with van der Waals surface area (Å²) in [4.78, 5) is 31.0. The van der Waals surface area contributed by atoms with Crippen molar-refractivity contribution in [2.24, 2.45) is 5.92 Å². The standard InChI is InChI=1S/C22H20F3N3O5/c1-11-18-16(20(30)28-9-13(21(31)32-2)7-15(29)10-28)8-17(26-19(18)33-27-11)12-4-3-5-14(6-12)22(23,24)25/h3-6,8,13,15,29H,7,9-10H2,1-2H3. The summed E-state index contributed by atoms with van der Waals surface area (Å²) in [7, 11) is 1.23. The van der Waals surface area contributed by atoms with Gasteiger partial charge in [0.1, 0.15) is 0 Å². The van der Waals surface area contributed by atoms with Gasteiger partial charge in [0.05, 0.1) is 47.0 Å². The summed E-state index contributed by atoms with van der Waals surface area (Å²) in [5.74, 6) is -1.78. The number of esters is 1. The van der Waals surface area contributed by atoms with E-state index in [2.05, 4.69) is 10.1 Å². The van der Waals surface area contributed by atoms with Crippen LogP contribution in [0.3, 0.4) is 0 Å². The lowest BCUT2D eigenvalue weighted by Gasteiger charge is -2.34. The number of hydrogen-bond donors (Lipinski definition) is 1. The predicted molar refractivity (Wildman–Crippen MR) is 109 cm³/mol. The Labute approximate surface area is 185 Å². The Morgan fingerprint density at radius 3 is 2.70 bits per heavy atom. The first-order valence-corrected chi connectivity index (χ1v) is 10.1. The van der Waals surface area contributed by atoms with Crippen LogP contribution in [0.4, 0.5) is 13.2 Å². The van der Waals surface area contributed by atoms with Gasteiger partial charge in [-0.1, -0.05) is 17.3 Å². The number of aliphatic hydroxyl groups excluding tert-OH is 1. The molecule has 3 aromatic rings. The summed E-state index contributed by atoms with van der Waals surface area (Å²) < 4.78 is 49.5. The fourth-order valence-electron chi connectivity index (χ4n) is 4.01. The lowest BCUT2D eigenvalue weighted by Crippen LogP contribution is -2.48. The van der Waals surface area contributed by atoms with Crippen LogP contribution in [0.1, 0.15) is 28.0 Å². The number of likely N-dealkylation sites (tertiary alicyclic amines) is 1. The molecule has 4 rings (SSSR count). The Morgan fingerprint density at radius 2 is 2.00 bits per heavy atom. The third kappa shape index (κ3) is 4.40. The van der Waals surface area contributed by atoms with Crippen LogP contribution in [0.2, 0.25) is 0 Å². The lowest BCUT2D eigenvalue weighted by molar-refractivity contribution is -0.148. The minimum absolute atomic E-state index is 0.00663. The highest BCUT2D eigenvalue weighted by molar-refractivity contribution is 6.07. The number of rotatable bonds is 3. The number of methoxy groups -OCH3 is 1. The largest absolute Gasteiger partial charge is 0.469 e. The van der Waals surface area contributed by atoms with Crippen molar-refractivity contribution in [3.8, 4) is 11.3 Å². The molecule has 1 aromatic carbocycles. The lowest BCUT2D eigenvalue weighted by atomic mass is 9.95. The number of carbonyl (C=O) groups excluding carboxylic acids is 2. The molecular formula is C22H20F3N3O5. The van der Waals surface area contributed by atoms with Crippen LogP contribution in [-0.2, 0) is 15.7 Å². The van der Waals surface area contributed by atoms with Crippen LogP contribution < -0.4 is 0 Å². The first-order chi connectivity index (χ1) is 15.6. The number of nitrogens with zero attached hydrogens (tertiary/aromatic N) is 3. The second-order valence-electron chi connectivity index (χ2n) is 7.90. The molecule has 1 N–H and O–H groups in total. The van der Waals surface area contributed by atoms with Crippen molar-refractivity contribution in [2.75, 3.05) is 20.2 Å². The first kappa shape index (κ1) is 22.7. The number of ether oxygens (including phenoxy) is 1. The summed E-state index contributed by atoms with van der Waals surface area (Å²) in [5.41, 5.74) is -0.157. The highest BCUT2D eigenvalue weighted by Gasteiger charge is 2.35. The molecule has 33 heavy (non-hydrogen) atoms. The van der Waals surface area contributed by atoms with Crippen LogP contribution in [0.5, 0.6) is 0 Å². The maximum atomic E-state index is 13.5. The number of pyridine rings is 1. The molecule has 1 fully saturated rings. The Kier molecular flexibility index (Phi) is 5.83. The predicted octanol–water partition coefficient (Wildman–Crippen LogP) is 3.21. The highest BCUT2D eigenvalue weighted by atomic mass is 19.4. The van der Waals surface area contributed by atoms with Crippen molar-refractivity contribution in [1.82, 2.24) is 15.0 Å². The van der Waals surface area contributed by atoms with Gasteiger partial charge in [0.2, 0.25) is 0 Å². The first-order valence-electron chi connectivity index (χ1n) is 10.1. The van der Waals surface area contributed by atoms with Crippen molar-refractivity contribution in [3.05, 3.63) is 47.2 Å². The normalized spacial score (nSPS) is 19.0. The summed E-state index contributed by atoms with van der Waals surface area (Å²) in [6.07, 6.45) is -5.33. The number of halogens is 3. The number of aryl methyl sites for hydroxylation is 1. The Bertz CT molecular complexity index is 1220. The van der Waals surface area contributed by atoms with E-state index in [9.17, 15) is 27.9 Å². The molecule has 2 unspecified atom stereocenters. The molecule has 2 atom stereocenters. The summed E-state index contributed by atoms with van der Waals surface area (Å²) in [6.45, 7) is 1.62. The average molecular weight is 463 g/mol. The van der Waals surface area contributed by atoms with E-state index in [4.69, 9.17) is 9.26 Å². The quantitative estimate of drug-likeness (QED) is 0.595. The summed E-state index contributed by atoms with van der Waals surface area (Å²) in [6, 6.07) is 5.94. The van der Waals surface area contributed by atoms with Gasteiger partial charge in [-0.05, 0) is 31.5 Å². The summed E-state index contributed by atoms with van der Waals surface area (Å²) >= 11 is 0. The Morgan fingerprint density at radius 1 is 1.24 bits per heavy atom. The van der Waals surface area contributed by atoms with Gasteiger partial charge in [-0.2, -0.15) is 13.2 Å². The molecule has 11 heteroatoms. The van der Waals surface area contributed by atoms with E-state index < -0.39 is 35.6 Å². The minimum Gasteiger partial charge on any atom is -0.469 e. The number of amides is 1. The van der Waals surface area contributed by atoms with Crippen molar-refractivity contribution >= 4 is 23.0 Å². The topological polar surface area (TPSA) is 106 Å². The van der Waals surface area contributed by atoms with Gasteiger partial charge in [-0.15, -0.1) is 0 Å². The zero-order chi connectivity index (χ0) is 23.9. The number of benzene rings is 1. The van der Waals surface area contributed by atoms with Gasteiger partial charge in [-0.25, -0.2) is 4.98 Å². The maximum absolute atomic E-state index is 13.5. The van der Waals surface area contributed by atoms with Gasteiger partial charge < -0.3 is 19.3 Å². The van der Waals surface area contributed by atoms with Crippen molar-refractivity contribution in [1.29, 1.82) is 0 Å². The van der Waals surface area contributed by atoms with E-state index in [0.717, 1.165) is 12.1 Å². The van der Waals surface area contributed by atoms with Crippen LogP contribution in [0.25, 0.3) is 22.4 Å². The minimum atomic E-state index is -4.55. The molecule has 1 aliphatic heterocycles. The third-order valence-corrected chi connectivity index (χ3v) is 5.58. The molecule has 0 spiro atoms. The number of piperidine rings is 1. The molecule has 0 radical (unpaired) electrons. The van der Waals surface area contributed by atoms with Crippen LogP contribution in [0, 0.1) is 12.8 Å². The molecular weight excluding hydrogens is 443 g/mol. The van der Waals surface area contributed by atoms with Gasteiger partial charge in [0, 0.05) is 18.7 Å². The molecule has 1 saturated heterocycles. The van der Waals surface area contributed by atoms with Crippen LogP contribution in [0.15, 0.2) is 34.9 Å². The fourth-order valence-corrected chi connectivity index (χ4v) is 4.01. The second kappa shape index (κ2) is 8.47. The smallest absolute Gasteiger partial charge is 0.416 e. The summed E-state index contributed by atoms with van der Waals surface area (Å²) in [5, 5.41) is 14.4. The fraction of sp³-hybridized carbons (Fsp3) is 0.364.